The maximum atomic E-state index is 11.1. The molecule has 2 heterocycles. The largest absolute Gasteiger partial charge is 0.478 e. The number of furan rings is 1. The number of rotatable bonds is 3. The molecule has 19 heavy (non-hydrogen) atoms. The molecular weight excluding hydrogens is 250 g/mol. The standard InChI is InChI=1S/C13H11NO5/c1-6-10(13(17)18)7(2)19-11(6)8-3-4-14-9(5-8)12(15)16/h3-5H,1-2H3,(H,15,16)(H,17,18). The molecule has 0 unspecified atom stereocenters. The first-order valence-electron chi connectivity index (χ1n) is 5.44. The first-order chi connectivity index (χ1) is 8.91. The topological polar surface area (TPSA) is 101 Å². The second-order valence-electron chi connectivity index (χ2n) is 4.03. The molecule has 0 amide bonds. The summed E-state index contributed by atoms with van der Waals surface area (Å²) in [6.45, 7) is 3.18. The van der Waals surface area contributed by atoms with Gasteiger partial charge in [0.05, 0.1) is 0 Å². The molecule has 0 fully saturated rings. The van der Waals surface area contributed by atoms with Crippen molar-refractivity contribution in [2.75, 3.05) is 0 Å². The predicted molar refractivity (Wildman–Crippen MR) is 65.3 cm³/mol. The fourth-order valence-corrected chi connectivity index (χ4v) is 1.93. The van der Waals surface area contributed by atoms with E-state index in [1.54, 1.807) is 19.9 Å². The molecule has 0 aliphatic heterocycles. The van der Waals surface area contributed by atoms with Crippen LogP contribution in [-0.4, -0.2) is 27.1 Å². The molecule has 0 aliphatic carbocycles. The summed E-state index contributed by atoms with van der Waals surface area (Å²) in [7, 11) is 0. The minimum Gasteiger partial charge on any atom is -0.478 e. The fourth-order valence-electron chi connectivity index (χ4n) is 1.93. The van der Waals surface area contributed by atoms with Crippen LogP contribution in [0.1, 0.15) is 32.2 Å². The normalized spacial score (nSPS) is 10.4. The van der Waals surface area contributed by atoms with Crippen molar-refractivity contribution in [3.63, 3.8) is 0 Å². The zero-order valence-corrected chi connectivity index (χ0v) is 10.3. The molecule has 0 saturated carbocycles. The molecule has 0 bridgehead atoms. The Kier molecular flexibility index (Phi) is 3.08. The number of carboxylic acid groups (broad SMARTS) is 2. The van der Waals surface area contributed by atoms with Crippen LogP contribution in [0.2, 0.25) is 0 Å². The molecule has 0 aromatic carbocycles. The lowest BCUT2D eigenvalue weighted by Gasteiger charge is -2.00. The first-order valence-corrected chi connectivity index (χ1v) is 5.44. The number of carboxylic acids is 2. The Morgan fingerprint density at radius 2 is 1.89 bits per heavy atom. The quantitative estimate of drug-likeness (QED) is 0.879. The highest BCUT2D eigenvalue weighted by atomic mass is 16.4. The van der Waals surface area contributed by atoms with Gasteiger partial charge in [0.25, 0.3) is 0 Å². The number of carbonyl (C=O) groups is 2. The van der Waals surface area contributed by atoms with Crippen molar-refractivity contribution in [1.29, 1.82) is 0 Å². The number of pyridine rings is 1. The summed E-state index contributed by atoms with van der Waals surface area (Å²) in [4.78, 5) is 25.7. The van der Waals surface area contributed by atoms with Gasteiger partial charge in [-0.1, -0.05) is 0 Å². The van der Waals surface area contributed by atoms with Gasteiger partial charge in [0.15, 0.2) is 0 Å². The van der Waals surface area contributed by atoms with Crippen LogP contribution in [0.25, 0.3) is 11.3 Å². The average Bonchev–Trinajstić information content (AvgIpc) is 2.65. The van der Waals surface area contributed by atoms with Crippen molar-refractivity contribution in [2.24, 2.45) is 0 Å². The van der Waals surface area contributed by atoms with Crippen molar-refractivity contribution in [3.8, 4) is 11.3 Å². The van der Waals surface area contributed by atoms with Crippen LogP contribution in [0.5, 0.6) is 0 Å². The van der Waals surface area contributed by atoms with Crippen LogP contribution >= 0.6 is 0 Å². The van der Waals surface area contributed by atoms with E-state index in [4.69, 9.17) is 14.6 Å². The van der Waals surface area contributed by atoms with Crippen LogP contribution in [0.3, 0.4) is 0 Å². The van der Waals surface area contributed by atoms with Crippen LogP contribution in [-0.2, 0) is 0 Å². The molecule has 6 nitrogen and oxygen atoms in total. The Morgan fingerprint density at radius 3 is 2.42 bits per heavy atom. The lowest BCUT2D eigenvalue weighted by Crippen LogP contribution is -2.00. The number of aromatic carboxylic acids is 2. The zero-order valence-electron chi connectivity index (χ0n) is 10.3. The van der Waals surface area contributed by atoms with Crippen LogP contribution < -0.4 is 0 Å². The van der Waals surface area contributed by atoms with E-state index in [-0.39, 0.29) is 17.0 Å². The third-order valence-electron chi connectivity index (χ3n) is 2.78. The highest BCUT2D eigenvalue weighted by molar-refractivity contribution is 5.93. The van der Waals surface area contributed by atoms with E-state index in [1.807, 2.05) is 0 Å². The molecule has 98 valence electrons. The third kappa shape index (κ3) is 2.20. The molecule has 2 aromatic rings. The van der Waals surface area contributed by atoms with Crippen LogP contribution in [0.4, 0.5) is 0 Å². The second-order valence-corrected chi connectivity index (χ2v) is 4.03. The van der Waals surface area contributed by atoms with Gasteiger partial charge in [-0.25, -0.2) is 14.6 Å². The maximum Gasteiger partial charge on any atom is 0.354 e. The van der Waals surface area contributed by atoms with E-state index in [9.17, 15) is 9.59 Å². The smallest absolute Gasteiger partial charge is 0.354 e. The van der Waals surface area contributed by atoms with E-state index in [2.05, 4.69) is 4.98 Å². The van der Waals surface area contributed by atoms with Crippen molar-refractivity contribution < 1.29 is 24.2 Å². The van der Waals surface area contributed by atoms with Gasteiger partial charge in [-0.15, -0.1) is 0 Å². The van der Waals surface area contributed by atoms with Gasteiger partial charge < -0.3 is 14.6 Å². The SMILES string of the molecule is Cc1oc(-c2ccnc(C(=O)O)c2)c(C)c1C(=O)O. The Hall–Kier alpha value is -2.63. The Labute approximate surface area is 108 Å². The minimum atomic E-state index is -1.15. The van der Waals surface area contributed by atoms with E-state index in [0.717, 1.165) is 0 Å². The summed E-state index contributed by atoms with van der Waals surface area (Å²) in [5, 5.41) is 18.0. The molecule has 2 rings (SSSR count). The minimum absolute atomic E-state index is 0.101. The maximum absolute atomic E-state index is 11.1. The average molecular weight is 261 g/mol. The van der Waals surface area contributed by atoms with E-state index >= 15 is 0 Å². The monoisotopic (exact) mass is 261 g/mol. The van der Waals surface area contributed by atoms with E-state index < -0.39 is 11.9 Å². The number of aryl methyl sites for hydroxylation is 1. The van der Waals surface area contributed by atoms with Gasteiger partial charge in [-0.3, -0.25) is 0 Å². The number of hydrogen-bond acceptors (Lipinski definition) is 4. The summed E-state index contributed by atoms with van der Waals surface area (Å²) >= 11 is 0. The van der Waals surface area contributed by atoms with Gasteiger partial charge in [-0.2, -0.15) is 0 Å². The van der Waals surface area contributed by atoms with Gasteiger partial charge in [0.1, 0.15) is 22.8 Å². The summed E-state index contributed by atoms with van der Waals surface area (Å²) in [5.74, 6) is -1.59. The summed E-state index contributed by atoms with van der Waals surface area (Å²) < 4.78 is 5.43. The van der Waals surface area contributed by atoms with Gasteiger partial charge in [-0.05, 0) is 26.0 Å². The highest BCUT2D eigenvalue weighted by Gasteiger charge is 2.21. The molecule has 0 aliphatic rings. The number of nitrogens with zero attached hydrogens (tertiary/aromatic N) is 1. The highest BCUT2D eigenvalue weighted by Crippen LogP contribution is 2.30. The number of hydrogen-bond donors (Lipinski definition) is 2. The molecule has 0 spiro atoms. The predicted octanol–water partition coefficient (Wildman–Crippen LogP) is 2.35. The molecule has 0 atom stereocenters. The second kappa shape index (κ2) is 4.56. The molecule has 0 radical (unpaired) electrons. The molecule has 0 saturated heterocycles. The third-order valence-corrected chi connectivity index (χ3v) is 2.78. The van der Waals surface area contributed by atoms with Crippen molar-refractivity contribution in [1.82, 2.24) is 4.98 Å². The Balaban J connectivity index is 2.60. The van der Waals surface area contributed by atoms with Crippen molar-refractivity contribution in [2.45, 2.75) is 13.8 Å². The van der Waals surface area contributed by atoms with Crippen molar-refractivity contribution >= 4 is 11.9 Å². The lowest BCUT2D eigenvalue weighted by molar-refractivity contribution is 0.0681. The van der Waals surface area contributed by atoms with E-state index in [0.29, 0.717) is 16.9 Å². The van der Waals surface area contributed by atoms with E-state index in [1.165, 1.54) is 12.3 Å². The van der Waals surface area contributed by atoms with Gasteiger partial charge in [0, 0.05) is 17.3 Å². The van der Waals surface area contributed by atoms with Gasteiger partial charge in [0.2, 0.25) is 0 Å². The summed E-state index contributed by atoms with van der Waals surface area (Å²) in [6, 6.07) is 2.92. The molecule has 2 aromatic heterocycles. The van der Waals surface area contributed by atoms with Crippen molar-refractivity contribution in [3.05, 3.63) is 40.9 Å². The zero-order chi connectivity index (χ0) is 14.2. The Morgan fingerprint density at radius 1 is 1.21 bits per heavy atom. The lowest BCUT2D eigenvalue weighted by atomic mass is 10.1. The van der Waals surface area contributed by atoms with Gasteiger partial charge >= 0.3 is 11.9 Å². The molecule has 2 N–H and O–H groups in total. The van der Waals surface area contributed by atoms with Crippen LogP contribution in [0.15, 0.2) is 22.7 Å². The Bertz CT molecular complexity index is 672. The summed E-state index contributed by atoms with van der Waals surface area (Å²) in [5.41, 5.74) is 0.930. The fraction of sp³-hybridized carbons (Fsp3) is 0.154. The van der Waals surface area contributed by atoms with Crippen LogP contribution in [0, 0.1) is 13.8 Å². The number of aromatic nitrogens is 1. The molecule has 6 heteroatoms. The molecular formula is C13H11NO5. The summed E-state index contributed by atoms with van der Waals surface area (Å²) in [6.07, 6.45) is 1.34. The first kappa shape index (κ1) is 12.8.